The van der Waals surface area contributed by atoms with E-state index in [9.17, 15) is 14.7 Å². The topological polar surface area (TPSA) is 94.1 Å². The maximum Gasteiger partial charge on any atom is 1.00 e. The van der Waals surface area contributed by atoms with Gasteiger partial charge < -0.3 is 26.1 Å². The van der Waals surface area contributed by atoms with Crippen molar-refractivity contribution in [1.29, 1.82) is 0 Å². The van der Waals surface area contributed by atoms with Gasteiger partial charge in [-0.1, -0.05) is 35.3 Å². The van der Waals surface area contributed by atoms with Crippen LogP contribution in [0.4, 0.5) is 5.69 Å². The molecule has 0 aromatic heterocycles. The Balaban J connectivity index is 0.00000289. The third-order valence-corrected chi connectivity index (χ3v) is 4.87. The van der Waals surface area contributed by atoms with Gasteiger partial charge in [-0.25, -0.2) is 4.79 Å². The number of para-hydroxylation sites is 2. The molecule has 3 aromatic carbocycles. The predicted molar refractivity (Wildman–Crippen MR) is 123 cm³/mol. The number of amides is 1. The molecule has 0 radical (unpaired) electrons. The fourth-order valence-corrected chi connectivity index (χ4v) is 3.31. The van der Waals surface area contributed by atoms with Gasteiger partial charge in [0.1, 0.15) is 19.0 Å². The molecule has 0 heterocycles. The van der Waals surface area contributed by atoms with Gasteiger partial charge in [0.15, 0.2) is 11.5 Å². The van der Waals surface area contributed by atoms with Crippen molar-refractivity contribution in [2.45, 2.75) is 0 Å². The fraction of sp³-hybridized carbons (Fsp3) is 0.130. The summed E-state index contributed by atoms with van der Waals surface area (Å²) in [6, 6.07) is 15.9. The minimum atomic E-state index is -1.22. The Morgan fingerprint density at radius 2 is 1.64 bits per heavy atom. The summed E-state index contributed by atoms with van der Waals surface area (Å²) >= 11 is 11.9. The summed E-state index contributed by atoms with van der Waals surface area (Å²) in [6.07, 6.45) is 0. The van der Waals surface area contributed by atoms with Crippen LogP contribution in [-0.2, 0) is 0 Å². The number of carbonyl (C=O) groups is 2. The van der Waals surface area contributed by atoms with Crippen LogP contribution >= 0.6 is 23.2 Å². The largest absolute Gasteiger partial charge is 1.00 e. The average Bonchev–Trinajstić information content (AvgIpc) is 2.77. The van der Waals surface area contributed by atoms with Gasteiger partial charge in [0.25, 0.3) is 5.91 Å². The number of ether oxygens (including phenoxy) is 3. The van der Waals surface area contributed by atoms with Crippen molar-refractivity contribution in [3.05, 3.63) is 81.8 Å². The SMILES string of the molecule is COc1ccccc1OCCOc1ccc(NC(=O)c2ccc(Cl)cc2Cl)c(C(=O)O)c1.[H-].[Li+]. The number of methoxy groups -OCH3 is 1. The first-order valence-corrected chi connectivity index (χ1v) is 10.2. The Morgan fingerprint density at radius 1 is 0.939 bits per heavy atom. The van der Waals surface area contributed by atoms with E-state index < -0.39 is 11.9 Å². The third-order valence-electron chi connectivity index (χ3n) is 4.32. The van der Waals surface area contributed by atoms with E-state index in [0.29, 0.717) is 22.3 Å². The van der Waals surface area contributed by atoms with E-state index in [1.54, 1.807) is 25.3 Å². The third kappa shape index (κ3) is 7.08. The van der Waals surface area contributed by atoms with Crippen molar-refractivity contribution >= 4 is 40.8 Å². The average molecular weight is 484 g/mol. The monoisotopic (exact) mass is 483 g/mol. The summed E-state index contributed by atoms with van der Waals surface area (Å²) in [5, 5.41) is 12.6. The van der Waals surface area contributed by atoms with E-state index in [-0.39, 0.29) is 55.3 Å². The van der Waals surface area contributed by atoms with Gasteiger partial charge in [-0.2, -0.15) is 0 Å². The van der Waals surface area contributed by atoms with Crippen molar-refractivity contribution in [2.24, 2.45) is 0 Å². The molecule has 0 aliphatic heterocycles. The van der Waals surface area contributed by atoms with Gasteiger partial charge in [0, 0.05) is 5.02 Å². The molecule has 0 bridgehead atoms. The Hall–Kier alpha value is -2.82. The molecule has 0 atom stereocenters. The zero-order valence-electron chi connectivity index (χ0n) is 18.9. The van der Waals surface area contributed by atoms with E-state index in [2.05, 4.69) is 5.32 Å². The van der Waals surface area contributed by atoms with Crippen LogP contribution < -0.4 is 38.4 Å². The van der Waals surface area contributed by atoms with E-state index >= 15 is 0 Å². The molecular formula is C23H20Cl2LiNO6. The molecule has 1 amide bonds. The van der Waals surface area contributed by atoms with E-state index in [1.165, 1.54) is 30.3 Å². The number of rotatable bonds is 9. The molecule has 3 rings (SSSR count). The molecule has 168 valence electrons. The van der Waals surface area contributed by atoms with Crippen molar-refractivity contribution in [3.63, 3.8) is 0 Å². The van der Waals surface area contributed by atoms with E-state index in [0.717, 1.165) is 0 Å². The molecule has 0 saturated heterocycles. The van der Waals surface area contributed by atoms with Crippen LogP contribution in [-0.4, -0.2) is 37.3 Å². The summed E-state index contributed by atoms with van der Waals surface area (Å²) in [4.78, 5) is 24.2. The number of halogens is 2. The fourth-order valence-electron chi connectivity index (χ4n) is 2.81. The molecule has 3 aromatic rings. The van der Waals surface area contributed by atoms with Gasteiger partial charge in [-0.3, -0.25) is 4.79 Å². The summed E-state index contributed by atoms with van der Waals surface area (Å²) < 4.78 is 16.4. The summed E-state index contributed by atoms with van der Waals surface area (Å²) in [6.45, 7) is 0.388. The van der Waals surface area contributed by atoms with Crippen molar-refractivity contribution in [1.82, 2.24) is 0 Å². The Labute approximate surface area is 214 Å². The van der Waals surface area contributed by atoms with Gasteiger partial charge in [0.2, 0.25) is 0 Å². The number of carbonyl (C=O) groups excluding carboxylic acids is 1. The molecule has 0 aliphatic carbocycles. The second kappa shape index (κ2) is 12.4. The molecule has 7 nitrogen and oxygen atoms in total. The Morgan fingerprint density at radius 3 is 2.30 bits per heavy atom. The molecule has 10 heteroatoms. The predicted octanol–water partition coefficient (Wildman–Crippen LogP) is 2.53. The number of benzene rings is 3. The molecule has 0 unspecified atom stereocenters. The van der Waals surface area contributed by atoms with Crippen LogP contribution in [0.2, 0.25) is 10.0 Å². The number of carboxylic acid groups (broad SMARTS) is 1. The first-order chi connectivity index (χ1) is 15.4. The molecule has 0 fully saturated rings. The molecule has 2 N–H and O–H groups in total. The molecule has 0 aliphatic rings. The molecule has 33 heavy (non-hydrogen) atoms. The maximum atomic E-state index is 12.5. The number of nitrogens with one attached hydrogen (secondary N) is 1. The van der Waals surface area contributed by atoms with Crippen molar-refractivity contribution in [2.75, 3.05) is 25.6 Å². The van der Waals surface area contributed by atoms with E-state index in [4.69, 9.17) is 37.4 Å². The minimum Gasteiger partial charge on any atom is -1.00 e. The first kappa shape index (κ1) is 26.4. The van der Waals surface area contributed by atoms with E-state index in [1.807, 2.05) is 12.1 Å². The van der Waals surface area contributed by atoms with Gasteiger partial charge in [-0.05, 0) is 48.5 Å². The molecular weight excluding hydrogens is 464 g/mol. The first-order valence-electron chi connectivity index (χ1n) is 9.41. The number of aromatic carboxylic acids is 1. The number of hydrogen-bond donors (Lipinski definition) is 2. The summed E-state index contributed by atoms with van der Waals surface area (Å²) in [7, 11) is 1.55. The standard InChI is InChI=1S/C23H19Cl2NO6.Li.H/c1-30-20-4-2-3-5-21(20)32-11-10-31-15-7-9-19(17(13-15)23(28)29)26-22(27)16-8-6-14(24)12-18(16)25;;/h2-9,12-13H,10-11H2,1H3,(H,26,27)(H,28,29);;/q;+1;-1. The maximum absolute atomic E-state index is 12.5. The smallest absolute Gasteiger partial charge is 1.00 e. The van der Waals surface area contributed by atoms with Crippen molar-refractivity contribution in [3.8, 4) is 17.2 Å². The van der Waals surface area contributed by atoms with Gasteiger partial charge in [-0.15, -0.1) is 0 Å². The second-order valence-corrected chi connectivity index (χ2v) is 7.28. The van der Waals surface area contributed by atoms with Crippen LogP contribution in [0.5, 0.6) is 17.2 Å². The number of hydrogen-bond acceptors (Lipinski definition) is 5. The quantitative estimate of drug-likeness (QED) is 0.358. The second-order valence-electron chi connectivity index (χ2n) is 6.44. The Kier molecular flexibility index (Phi) is 9.95. The number of carboxylic acids is 1. The van der Waals surface area contributed by atoms with Gasteiger partial charge >= 0.3 is 24.8 Å². The number of anilines is 1. The Bertz CT molecular complexity index is 1150. The molecule has 0 saturated carbocycles. The van der Waals surface area contributed by atoms with Crippen LogP contribution in [0.1, 0.15) is 22.1 Å². The normalized spacial score (nSPS) is 10.0. The van der Waals surface area contributed by atoms with Gasteiger partial charge in [0.05, 0.1) is 28.9 Å². The zero-order valence-corrected chi connectivity index (χ0v) is 19.4. The van der Waals surface area contributed by atoms with Crippen LogP contribution in [0, 0.1) is 0 Å². The van der Waals surface area contributed by atoms with Crippen LogP contribution in [0.15, 0.2) is 60.7 Å². The van der Waals surface area contributed by atoms with Crippen LogP contribution in [0.3, 0.4) is 0 Å². The van der Waals surface area contributed by atoms with Crippen molar-refractivity contribution < 1.29 is 49.2 Å². The molecule has 0 spiro atoms. The van der Waals surface area contributed by atoms with Crippen LogP contribution in [0.25, 0.3) is 0 Å². The zero-order chi connectivity index (χ0) is 23.1. The summed E-state index contributed by atoms with van der Waals surface area (Å²) in [5.74, 6) is -0.301. The minimum absolute atomic E-state index is 0. The summed E-state index contributed by atoms with van der Waals surface area (Å²) in [5.41, 5.74) is 0.138.